The van der Waals surface area contributed by atoms with E-state index in [2.05, 4.69) is 10.1 Å². The Morgan fingerprint density at radius 2 is 2.14 bits per heavy atom. The van der Waals surface area contributed by atoms with Crippen molar-refractivity contribution in [1.82, 2.24) is 10.2 Å². The van der Waals surface area contributed by atoms with Crippen molar-refractivity contribution in [1.29, 1.82) is 0 Å². The number of benzene rings is 1. The number of carbonyl (C=O) groups excluding carboxylic acids is 1. The molecule has 1 saturated heterocycles. The highest BCUT2D eigenvalue weighted by Gasteiger charge is 2.25. The van der Waals surface area contributed by atoms with E-state index in [1.807, 2.05) is 11.9 Å². The van der Waals surface area contributed by atoms with E-state index >= 15 is 0 Å². The summed E-state index contributed by atoms with van der Waals surface area (Å²) in [7, 11) is 1.92. The molecule has 0 aromatic heterocycles. The molecule has 4 nitrogen and oxygen atoms in total. The van der Waals surface area contributed by atoms with Crippen molar-refractivity contribution < 1.29 is 18.3 Å². The third kappa shape index (κ3) is 4.94. The largest absolute Gasteiger partial charge is 0.435 e. The summed E-state index contributed by atoms with van der Waals surface area (Å²) in [5.41, 5.74) is 0.945. The van der Waals surface area contributed by atoms with Crippen LogP contribution in [-0.4, -0.2) is 44.1 Å². The number of halogens is 2. The first-order valence-corrected chi connectivity index (χ1v) is 7.54. The van der Waals surface area contributed by atoms with E-state index in [0.717, 1.165) is 31.6 Å². The third-order valence-corrected chi connectivity index (χ3v) is 3.91. The van der Waals surface area contributed by atoms with Gasteiger partial charge in [0.1, 0.15) is 5.75 Å². The van der Waals surface area contributed by atoms with E-state index in [9.17, 15) is 13.6 Å². The molecule has 0 bridgehead atoms. The molecular formula is C16H22F2N2O2. The van der Waals surface area contributed by atoms with Crippen LogP contribution in [0.3, 0.4) is 0 Å². The van der Waals surface area contributed by atoms with Gasteiger partial charge in [0.05, 0.1) is 0 Å². The van der Waals surface area contributed by atoms with Crippen LogP contribution in [0.4, 0.5) is 8.78 Å². The first-order chi connectivity index (χ1) is 10.6. The number of alkyl halides is 2. The molecule has 0 spiro atoms. The Balaban J connectivity index is 1.76. The standard InChI is InChI=1S/C16H22F2N2O2/c1-19-10-13-8-9-20(11-13)15(21)7-4-12-2-5-14(6-3-12)22-16(17)18/h2-3,5-6,13,16,19H,4,7-11H2,1H3. The zero-order chi connectivity index (χ0) is 15.9. The van der Waals surface area contributed by atoms with Crippen LogP contribution >= 0.6 is 0 Å². The van der Waals surface area contributed by atoms with Crippen molar-refractivity contribution in [3.8, 4) is 5.75 Å². The molecule has 2 rings (SSSR count). The molecule has 1 fully saturated rings. The molecule has 6 heteroatoms. The predicted molar refractivity (Wildman–Crippen MR) is 80.0 cm³/mol. The minimum absolute atomic E-state index is 0.138. The summed E-state index contributed by atoms with van der Waals surface area (Å²) >= 11 is 0. The Morgan fingerprint density at radius 3 is 2.77 bits per heavy atom. The zero-order valence-corrected chi connectivity index (χ0v) is 12.7. The zero-order valence-electron chi connectivity index (χ0n) is 12.7. The quantitative estimate of drug-likeness (QED) is 0.840. The minimum Gasteiger partial charge on any atom is -0.435 e. The van der Waals surface area contributed by atoms with Crippen LogP contribution < -0.4 is 10.1 Å². The van der Waals surface area contributed by atoms with E-state index < -0.39 is 6.61 Å². The van der Waals surface area contributed by atoms with Crippen molar-refractivity contribution >= 4 is 5.91 Å². The van der Waals surface area contributed by atoms with Gasteiger partial charge in [-0.3, -0.25) is 4.79 Å². The summed E-state index contributed by atoms with van der Waals surface area (Å²) in [6.07, 6.45) is 2.11. The van der Waals surface area contributed by atoms with Gasteiger partial charge in [-0.25, -0.2) is 0 Å². The molecule has 1 aliphatic heterocycles. The average Bonchev–Trinajstić information content (AvgIpc) is 2.95. The van der Waals surface area contributed by atoms with Crippen LogP contribution in [0.15, 0.2) is 24.3 Å². The van der Waals surface area contributed by atoms with Crippen LogP contribution in [-0.2, 0) is 11.2 Å². The van der Waals surface area contributed by atoms with Gasteiger partial charge in [-0.05, 0) is 50.0 Å². The van der Waals surface area contributed by atoms with Gasteiger partial charge >= 0.3 is 6.61 Å². The Labute approximate surface area is 129 Å². The molecule has 1 N–H and O–H groups in total. The maximum absolute atomic E-state index is 12.2. The van der Waals surface area contributed by atoms with Crippen LogP contribution in [0, 0.1) is 5.92 Å². The first kappa shape index (κ1) is 16.7. The molecule has 122 valence electrons. The maximum Gasteiger partial charge on any atom is 0.387 e. The van der Waals surface area contributed by atoms with Crippen molar-refractivity contribution in [3.63, 3.8) is 0 Å². The van der Waals surface area contributed by atoms with Crippen LogP contribution in [0.5, 0.6) is 5.75 Å². The van der Waals surface area contributed by atoms with Crippen LogP contribution in [0.25, 0.3) is 0 Å². The number of aryl methyl sites for hydroxylation is 1. The number of hydrogen-bond acceptors (Lipinski definition) is 3. The smallest absolute Gasteiger partial charge is 0.387 e. The molecule has 0 radical (unpaired) electrons. The molecule has 1 unspecified atom stereocenters. The molecule has 1 aliphatic rings. The number of amides is 1. The number of nitrogens with zero attached hydrogens (tertiary/aromatic N) is 1. The molecule has 1 aromatic rings. The molecule has 0 saturated carbocycles. The molecular weight excluding hydrogens is 290 g/mol. The van der Waals surface area contributed by atoms with Crippen molar-refractivity contribution in [2.24, 2.45) is 5.92 Å². The molecule has 1 amide bonds. The van der Waals surface area contributed by atoms with E-state index in [1.165, 1.54) is 12.1 Å². The molecule has 1 heterocycles. The van der Waals surface area contributed by atoms with Gasteiger partial charge in [0, 0.05) is 19.5 Å². The summed E-state index contributed by atoms with van der Waals surface area (Å²) in [4.78, 5) is 14.1. The second-order valence-electron chi connectivity index (χ2n) is 5.57. The average molecular weight is 312 g/mol. The summed E-state index contributed by atoms with van der Waals surface area (Å²) in [6.45, 7) is -0.226. The van der Waals surface area contributed by atoms with Crippen molar-refractivity contribution in [2.45, 2.75) is 25.9 Å². The molecule has 1 atom stereocenters. The SMILES string of the molecule is CNCC1CCN(C(=O)CCc2ccc(OC(F)F)cc2)C1. The van der Waals surface area contributed by atoms with Crippen LogP contribution in [0.1, 0.15) is 18.4 Å². The number of nitrogens with one attached hydrogen (secondary N) is 1. The first-order valence-electron chi connectivity index (χ1n) is 7.54. The van der Waals surface area contributed by atoms with Crippen molar-refractivity contribution in [2.75, 3.05) is 26.7 Å². The maximum atomic E-state index is 12.2. The highest BCUT2D eigenvalue weighted by atomic mass is 19.3. The minimum atomic E-state index is -2.81. The van der Waals surface area contributed by atoms with Gasteiger partial charge in [0.15, 0.2) is 0 Å². The van der Waals surface area contributed by atoms with Crippen LogP contribution in [0.2, 0.25) is 0 Å². The number of hydrogen-bond donors (Lipinski definition) is 1. The fourth-order valence-corrected chi connectivity index (χ4v) is 2.76. The Hall–Kier alpha value is -1.69. The lowest BCUT2D eigenvalue weighted by Gasteiger charge is -2.16. The highest BCUT2D eigenvalue weighted by Crippen LogP contribution is 2.18. The number of likely N-dealkylation sites (tertiary alicyclic amines) is 1. The predicted octanol–water partition coefficient (Wildman–Crippen LogP) is 2.29. The fourth-order valence-electron chi connectivity index (χ4n) is 2.76. The van der Waals surface area contributed by atoms with E-state index in [-0.39, 0.29) is 11.7 Å². The topological polar surface area (TPSA) is 41.6 Å². The van der Waals surface area contributed by atoms with Crippen molar-refractivity contribution in [3.05, 3.63) is 29.8 Å². The lowest BCUT2D eigenvalue weighted by Crippen LogP contribution is -2.30. The number of carbonyl (C=O) groups is 1. The normalized spacial score (nSPS) is 18.0. The molecule has 1 aromatic carbocycles. The monoisotopic (exact) mass is 312 g/mol. The Kier molecular flexibility index (Phi) is 6.12. The van der Waals surface area contributed by atoms with Gasteiger partial charge in [-0.15, -0.1) is 0 Å². The lowest BCUT2D eigenvalue weighted by atomic mass is 10.1. The van der Waals surface area contributed by atoms with Gasteiger partial charge in [0.25, 0.3) is 0 Å². The Morgan fingerprint density at radius 1 is 1.41 bits per heavy atom. The summed E-state index contributed by atoms with van der Waals surface area (Å²) in [6, 6.07) is 6.45. The van der Waals surface area contributed by atoms with Gasteiger partial charge < -0.3 is 15.0 Å². The van der Waals surface area contributed by atoms with E-state index in [0.29, 0.717) is 18.8 Å². The summed E-state index contributed by atoms with van der Waals surface area (Å²) < 4.78 is 28.4. The Bertz CT molecular complexity index is 480. The van der Waals surface area contributed by atoms with Gasteiger partial charge in [0.2, 0.25) is 5.91 Å². The number of rotatable bonds is 7. The summed E-state index contributed by atoms with van der Waals surface area (Å²) in [5, 5.41) is 3.14. The fraction of sp³-hybridized carbons (Fsp3) is 0.562. The van der Waals surface area contributed by atoms with E-state index in [1.54, 1.807) is 12.1 Å². The van der Waals surface area contributed by atoms with Gasteiger partial charge in [-0.2, -0.15) is 8.78 Å². The molecule has 0 aliphatic carbocycles. The molecule has 22 heavy (non-hydrogen) atoms. The third-order valence-electron chi connectivity index (χ3n) is 3.91. The lowest BCUT2D eigenvalue weighted by molar-refractivity contribution is -0.130. The highest BCUT2D eigenvalue weighted by molar-refractivity contribution is 5.76. The van der Waals surface area contributed by atoms with E-state index in [4.69, 9.17) is 0 Å². The van der Waals surface area contributed by atoms with Gasteiger partial charge in [-0.1, -0.05) is 12.1 Å². The second kappa shape index (κ2) is 8.08. The second-order valence-corrected chi connectivity index (χ2v) is 5.57. The summed E-state index contributed by atoms with van der Waals surface area (Å²) in [5.74, 6) is 0.839. The number of ether oxygens (including phenoxy) is 1.